The Morgan fingerprint density at radius 3 is 2.90 bits per heavy atom. The smallest absolute Gasteiger partial charge is 0.459 e. The Morgan fingerprint density at radius 1 is 1.27 bits per heavy atom. The van der Waals surface area contributed by atoms with Crippen LogP contribution in [-0.2, 0) is 28.2 Å². The number of carbonyl (C=O) groups is 2. The molecule has 0 bridgehead atoms. The third-order valence-electron chi connectivity index (χ3n) is 6.46. The predicted octanol–water partition coefficient (Wildman–Crippen LogP) is 0.370. The van der Waals surface area contributed by atoms with Crippen molar-refractivity contribution in [2.24, 2.45) is 10.7 Å². The second kappa shape index (κ2) is 12.3. The van der Waals surface area contributed by atoms with Gasteiger partial charge in [-0.1, -0.05) is 6.42 Å². The number of amides is 1. The molecule has 3 heterocycles. The van der Waals surface area contributed by atoms with Crippen LogP contribution in [0.3, 0.4) is 0 Å². The van der Waals surface area contributed by atoms with Gasteiger partial charge in [0.2, 0.25) is 12.8 Å². The van der Waals surface area contributed by atoms with Gasteiger partial charge in [-0.05, 0) is 44.7 Å². The standard InChI is InChI=1S/C24H31N6O9P/c1-15(23(32)38-16-5-3-2-4-6-16)29-40(33,39-17-7-8-18-19(11-17)36-14-35-18)37-10-9-34-13-30-12-26-20-21(30)27-24(25)28-22(20)31/h7-8,11-12,15-16,20H,2-6,9-10,13-14H2,1H3,(H3,25,28,29,31,33)/p+1/t15-,20?,40?/m1/s1. The van der Waals surface area contributed by atoms with Crippen LogP contribution in [0.5, 0.6) is 17.2 Å². The average molecular weight is 580 g/mol. The molecule has 0 spiro atoms. The van der Waals surface area contributed by atoms with E-state index in [1.807, 2.05) is 0 Å². The molecular weight excluding hydrogens is 547 g/mol. The minimum atomic E-state index is -4.10. The fourth-order valence-corrected chi connectivity index (χ4v) is 5.93. The maximum absolute atomic E-state index is 13.8. The van der Waals surface area contributed by atoms with E-state index in [9.17, 15) is 14.2 Å². The molecule has 0 aromatic heterocycles. The van der Waals surface area contributed by atoms with Crippen LogP contribution in [0.25, 0.3) is 0 Å². The van der Waals surface area contributed by atoms with Crippen LogP contribution < -0.4 is 34.8 Å². The van der Waals surface area contributed by atoms with Gasteiger partial charge in [-0.15, -0.1) is 0 Å². The Balaban J connectivity index is 1.18. The zero-order valence-electron chi connectivity index (χ0n) is 21.9. The van der Waals surface area contributed by atoms with E-state index >= 15 is 0 Å². The molecule has 0 saturated heterocycles. The first kappa shape index (κ1) is 27.9. The summed E-state index contributed by atoms with van der Waals surface area (Å²) in [5, 5.41) is 5.09. The molecule has 3 aliphatic heterocycles. The highest BCUT2D eigenvalue weighted by Gasteiger charge is 2.41. The van der Waals surface area contributed by atoms with Gasteiger partial charge in [-0.3, -0.25) is 19.8 Å². The quantitative estimate of drug-likeness (QED) is 0.134. The van der Waals surface area contributed by atoms with Crippen molar-refractivity contribution >= 4 is 37.8 Å². The fraction of sp³-hybridized carbons (Fsp3) is 0.542. The number of nitrogens with zero attached hydrogens (tertiary/aromatic N) is 3. The number of carbonyl (C=O) groups excluding carboxylic acids is 2. The molecule has 1 aromatic carbocycles. The van der Waals surface area contributed by atoms with E-state index in [2.05, 4.69) is 20.1 Å². The van der Waals surface area contributed by atoms with Gasteiger partial charge in [-0.25, -0.2) is 24.4 Å². The van der Waals surface area contributed by atoms with E-state index < -0.39 is 25.8 Å². The summed E-state index contributed by atoms with van der Waals surface area (Å²) >= 11 is 0. The number of fused-ring (bicyclic) bond motifs is 2. The van der Waals surface area contributed by atoms with Crippen molar-refractivity contribution in [3.63, 3.8) is 0 Å². The summed E-state index contributed by atoms with van der Waals surface area (Å²) in [4.78, 5) is 30.3. The summed E-state index contributed by atoms with van der Waals surface area (Å²) in [6, 6.07) is 2.93. The molecule has 1 fully saturated rings. The number of nitrogens with one attached hydrogen (secondary N) is 2. The highest BCUT2D eigenvalue weighted by molar-refractivity contribution is 7.52. The Morgan fingerprint density at radius 2 is 2.08 bits per heavy atom. The van der Waals surface area contributed by atoms with Gasteiger partial charge in [-0.2, -0.15) is 5.09 Å². The lowest BCUT2D eigenvalue weighted by atomic mass is 9.98. The Hall–Kier alpha value is -3.61. The third-order valence-corrected chi connectivity index (χ3v) is 8.14. The number of rotatable bonds is 12. The summed E-state index contributed by atoms with van der Waals surface area (Å²) in [7, 11) is -4.10. The first-order valence-electron chi connectivity index (χ1n) is 13.0. The van der Waals surface area contributed by atoms with Crippen LogP contribution in [-0.4, -0.2) is 79.8 Å². The van der Waals surface area contributed by atoms with Gasteiger partial charge in [0.05, 0.1) is 13.2 Å². The Labute approximate surface area is 230 Å². The minimum absolute atomic E-state index is 0.00633. The minimum Gasteiger partial charge on any atom is -0.461 e. The second-order valence-electron chi connectivity index (χ2n) is 9.50. The van der Waals surface area contributed by atoms with Crippen LogP contribution in [0.2, 0.25) is 0 Å². The molecule has 15 nitrogen and oxygen atoms in total. The van der Waals surface area contributed by atoms with E-state index in [1.165, 1.54) is 24.2 Å². The first-order valence-corrected chi connectivity index (χ1v) is 14.6. The number of hydrogen-bond donors (Lipinski definition) is 3. The van der Waals surface area contributed by atoms with Crippen LogP contribution in [0.1, 0.15) is 39.0 Å². The van der Waals surface area contributed by atoms with Crippen molar-refractivity contribution in [1.29, 1.82) is 0 Å². The van der Waals surface area contributed by atoms with E-state index in [0.717, 1.165) is 32.1 Å². The SMILES string of the molecule is C[C@@H](NP(=O)(OCCOCN1C=NC2C(=O)NC(N)=[N+]=C21)Oc1ccc2c(c1)OCO2)C(=O)OC1CCCCC1. The summed E-state index contributed by atoms with van der Waals surface area (Å²) < 4.78 is 51.1. The normalized spacial score (nSPS) is 22.1. The molecule has 2 unspecified atom stereocenters. The lowest BCUT2D eigenvalue weighted by molar-refractivity contribution is -0.152. The molecule has 1 aromatic rings. The van der Waals surface area contributed by atoms with Gasteiger partial charge in [0.15, 0.2) is 18.2 Å². The molecule has 3 atom stereocenters. The van der Waals surface area contributed by atoms with Gasteiger partial charge >= 0.3 is 31.4 Å². The molecule has 216 valence electrons. The van der Waals surface area contributed by atoms with Crippen molar-refractivity contribution in [3.8, 4) is 17.2 Å². The van der Waals surface area contributed by atoms with Crippen LogP contribution >= 0.6 is 7.75 Å². The van der Waals surface area contributed by atoms with E-state index in [0.29, 0.717) is 17.3 Å². The summed E-state index contributed by atoms with van der Waals surface area (Å²) in [5.41, 5.74) is 5.63. The zero-order valence-corrected chi connectivity index (χ0v) is 22.8. The number of aliphatic imine (C=N–C) groups is 1. The van der Waals surface area contributed by atoms with Gasteiger partial charge < -0.3 is 23.5 Å². The van der Waals surface area contributed by atoms with E-state index in [4.69, 9.17) is 33.7 Å². The summed E-state index contributed by atoms with van der Waals surface area (Å²) in [5.74, 6) is 0.534. The number of benzene rings is 1. The Bertz CT molecular complexity index is 1280. The van der Waals surface area contributed by atoms with Gasteiger partial charge in [0, 0.05) is 6.07 Å². The molecule has 1 saturated carbocycles. The van der Waals surface area contributed by atoms with Crippen LogP contribution in [0, 0.1) is 0 Å². The van der Waals surface area contributed by atoms with Crippen molar-refractivity contribution in [3.05, 3.63) is 18.2 Å². The molecule has 4 aliphatic rings. The molecule has 40 heavy (non-hydrogen) atoms. The molecule has 4 N–H and O–H groups in total. The maximum atomic E-state index is 13.8. The number of guanidine groups is 1. The number of hydrogen-bond acceptors (Lipinski definition) is 12. The number of nitrogens with two attached hydrogens (primary N) is 1. The largest absolute Gasteiger partial charge is 0.461 e. The van der Waals surface area contributed by atoms with Crippen LogP contribution in [0.4, 0.5) is 0 Å². The van der Waals surface area contributed by atoms with E-state index in [-0.39, 0.29) is 50.5 Å². The van der Waals surface area contributed by atoms with Gasteiger partial charge in [0.1, 0.15) is 24.2 Å². The lowest BCUT2D eigenvalue weighted by Gasteiger charge is -2.26. The second-order valence-corrected chi connectivity index (χ2v) is 11.2. The highest BCUT2D eigenvalue weighted by atomic mass is 31.2. The Kier molecular flexibility index (Phi) is 8.57. The summed E-state index contributed by atoms with van der Waals surface area (Å²) in [6.07, 6.45) is 6.02. The highest BCUT2D eigenvalue weighted by Crippen LogP contribution is 2.47. The molecule has 5 rings (SSSR count). The lowest BCUT2D eigenvalue weighted by Crippen LogP contribution is -2.53. The monoisotopic (exact) mass is 579 g/mol. The number of ether oxygens (including phenoxy) is 4. The van der Waals surface area contributed by atoms with Crippen molar-refractivity contribution in [1.82, 2.24) is 20.0 Å². The molecule has 1 aliphatic carbocycles. The fourth-order valence-electron chi connectivity index (χ4n) is 4.47. The summed E-state index contributed by atoms with van der Waals surface area (Å²) in [6.45, 7) is 1.43. The molecule has 1 amide bonds. The van der Waals surface area contributed by atoms with Gasteiger partial charge in [0.25, 0.3) is 0 Å². The zero-order chi connectivity index (χ0) is 28.1. The maximum Gasteiger partial charge on any atom is 0.459 e. The molecule has 16 heteroatoms. The first-order chi connectivity index (χ1) is 19.3. The van der Waals surface area contributed by atoms with Crippen molar-refractivity contribution < 1.29 is 42.1 Å². The number of esters is 1. The van der Waals surface area contributed by atoms with E-state index in [1.54, 1.807) is 12.1 Å². The third kappa shape index (κ3) is 6.75. The topological polar surface area (TPSA) is 186 Å². The number of amidine groups is 1. The predicted molar refractivity (Wildman–Crippen MR) is 142 cm³/mol. The molecule has 0 radical (unpaired) electrons. The average Bonchev–Trinajstić information content (AvgIpc) is 3.56. The van der Waals surface area contributed by atoms with Crippen LogP contribution in [0.15, 0.2) is 23.2 Å². The van der Waals surface area contributed by atoms with Crippen molar-refractivity contribution in [2.45, 2.75) is 57.2 Å². The van der Waals surface area contributed by atoms with Crippen molar-refractivity contribution in [2.75, 3.05) is 26.7 Å². The molecular formula is C24H32N6O9P+.